The highest BCUT2D eigenvalue weighted by molar-refractivity contribution is 6.30. The highest BCUT2D eigenvalue weighted by Crippen LogP contribution is 2.25. The fraction of sp³-hybridized carbons (Fsp3) is 0.286. The molecule has 0 bridgehead atoms. The normalized spacial score (nSPS) is 11.1. The van der Waals surface area contributed by atoms with Crippen molar-refractivity contribution in [3.05, 3.63) is 65.1 Å². The predicted molar refractivity (Wildman–Crippen MR) is 118 cm³/mol. The summed E-state index contributed by atoms with van der Waals surface area (Å²) in [6.07, 6.45) is 3.19. The number of hydrogen-bond acceptors (Lipinski definition) is 5. The van der Waals surface area contributed by atoms with Gasteiger partial charge in [-0.2, -0.15) is 9.78 Å². The van der Waals surface area contributed by atoms with Crippen molar-refractivity contribution in [3.8, 4) is 5.95 Å². The van der Waals surface area contributed by atoms with Gasteiger partial charge in [0.25, 0.3) is 5.95 Å². The van der Waals surface area contributed by atoms with E-state index >= 15 is 0 Å². The molecule has 2 aromatic heterocycles. The van der Waals surface area contributed by atoms with E-state index in [1.165, 1.54) is 4.68 Å². The Balaban J connectivity index is 1.60. The fourth-order valence-corrected chi connectivity index (χ4v) is 2.71. The number of halogens is 1. The Kier molecular flexibility index (Phi) is 6.86. The number of anilines is 1. The molecular formula is C21H24ClN7O2. The van der Waals surface area contributed by atoms with Gasteiger partial charge in [0.1, 0.15) is 5.82 Å². The molecule has 31 heavy (non-hydrogen) atoms. The predicted octanol–water partition coefficient (Wildman–Crippen LogP) is 3.05. The number of carbonyl (C=O) groups excluding carboxylic acids is 2. The van der Waals surface area contributed by atoms with Crippen molar-refractivity contribution in [1.82, 2.24) is 30.4 Å². The summed E-state index contributed by atoms with van der Waals surface area (Å²) >= 11 is 5.84. The van der Waals surface area contributed by atoms with Crippen LogP contribution in [0.25, 0.3) is 5.95 Å². The van der Waals surface area contributed by atoms with Crippen LogP contribution in [0.5, 0.6) is 0 Å². The molecule has 0 aliphatic carbocycles. The van der Waals surface area contributed by atoms with Crippen molar-refractivity contribution in [1.29, 1.82) is 0 Å². The number of benzene rings is 1. The van der Waals surface area contributed by atoms with E-state index in [1.807, 2.05) is 32.9 Å². The van der Waals surface area contributed by atoms with Crippen molar-refractivity contribution < 1.29 is 9.59 Å². The molecule has 0 saturated carbocycles. The maximum absolute atomic E-state index is 12.4. The van der Waals surface area contributed by atoms with E-state index in [-0.39, 0.29) is 12.0 Å². The molecule has 3 rings (SSSR count). The minimum absolute atomic E-state index is 0.210. The molecule has 0 aliphatic rings. The summed E-state index contributed by atoms with van der Waals surface area (Å²) in [5.41, 5.74) is 1.42. The lowest BCUT2D eigenvalue weighted by Gasteiger charge is -2.13. The second kappa shape index (κ2) is 9.57. The van der Waals surface area contributed by atoms with Crippen molar-refractivity contribution in [2.24, 2.45) is 0 Å². The van der Waals surface area contributed by atoms with Gasteiger partial charge < -0.3 is 16.0 Å². The van der Waals surface area contributed by atoms with E-state index in [1.54, 1.807) is 36.7 Å². The lowest BCUT2D eigenvalue weighted by molar-refractivity contribution is -0.115. The molecule has 3 aromatic rings. The summed E-state index contributed by atoms with van der Waals surface area (Å²) in [6.45, 7) is 6.16. The maximum Gasteiger partial charge on any atom is 0.315 e. The number of nitrogens with zero attached hydrogens (tertiary/aromatic N) is 4. The summed E-state index contributed by atoms with van der Waals surface area (Å²) < 4.78 is 1.47. The lowest BCUT2D eigenvalue weighted by atomic mass is 9.92. The molecule has 10 heteroatoms. The first-order valence-corrected chi connectivity index (χ1v) is 10.0. The molecule has 1 aromatic carbocycles. The molecule has 0 spiro atoms. The van der Waals surface area contributed by atoms with Gasteiger partial charge in [0.2, 0.25) is 5.91 Å². The molecule has 2 heterocycles. The standard InChI is InChI=1S/C21H24ClN7O2/c1-21(2,3)16-11-17(29(28-16)19-23-9-4-10-24-19)27-18(30)13-26-20(31)25-12-14-5-7-15(22)8-6-14/h4-11H,12-13H2,1-3H3,(H,27,30)(H2,25,26,31). The van der Waals surface area contributed by atoms with Gasteiger partial charge in [-0.15, -0.1) is 0 Å². The average molecular weight is 442 g/mol. The van der Waals surface area contributed by atoms with Gasteiger partial charge in [0.05, 0.1) is 12.2 Å². The summed E-state index contributed by atoms with van der Waals surface area (Å²) in [7, 11) is 0. The van der Waals surface area contributed by atoms with E-state index in [0.29, 0.717) is 23.3 Å². The Morgan fingerprint density at radius 3 is 2.39 bits per heavy atom. The first-order chi connectivity index (χ1) is 14.7. The number of nitrogens with one attached hydrogen (secondary N) is 3. The smallest absolute Gasteiger partial charge is 0.315 e. The second-order valence-corrected chi connectivity index (χ2v) is 8.27. The summed E-state index contributed by atoms with van der Waals surface area (Å²) in [5, 5.41) is 13.1. The molecule has 9 nitrogen and oxygen atoms in total. The highest BCUT2D eigenvalue weighted by atomic mass is 35.5. The van der Waals surface area contributed by atoms with Gasteiger partial charge in [-0.3, -0.25) is 4.79 Å². The molecule has 0 radical (unpaired) electrons. The summed E-state index contributed by atoms with van der Waals surface area (Å²) in [4.78, 5) is 32.8. The fourth-order valence-electron chi connectivity index (χ4n) is 2.58. The third-order valence-corrected chi connectivity index (χ3v) is 4.51. The first kappa shape index (κ1) is 22.2. The SMILES string of the molecule is CC(C)(C)c1cc(NC(=O)CNC(=O)NCc2ccc(Cl)cc2)n(-c2ncccn2)n1. The van der Waals surface area contributed by atoms with E-state index in [2.05, 4.69) is 31.0 Å². The van der Waals surface area contributed by atoms with Gasteiger partial charge in [0.15, 0.2) is 0 Å². The van der Waals surface area contributed by atoms with Crippen LogP contribution in [0, 0.1) is 0 Å². The first-order valence-electron chi connectivity index (χ1n) is 9.66. The quantitative estimate of drug-likeness (QED) is 0.544. The molecule has 162 valence electrons. The Labute approximate surface area is 185 Å². The zero-order valence-corrected chi connectivity index (χ0v) is 18.3. The van der Waals surface area contributed by atoms with Gasteiger partial charge in [0, 0.05) is 35.4 Å². The number of amides is 3. The van der Waals surface area contributed by atoms with Crippen LogP contribution in [0.2, 0.25) is 5.02 Å². The van der Waals surface area contributed by atoms with Gasteiger partial charge in [-0.25, -0.2) is 14.8 Å². The van der Waals surface area contributed by atoms with Crippen LogP contribution in [0.1, 0.15) is 32.0 Å². The Bertz CT molecular complexity index is 1040. The second-order valence-electron chi connectivity index (χ2n) is 7.84. The molecule has 0 fully saturated rings. The van der Waals surface area contributed by atoms with E-state index < -0.39 is 11.9 Å². The number of urea groups is 1. The topological polar surface area (TPSA) is 114 Å². The maximum atomic E-state index is 12.4. The zero-order valence-electron chi connectivity index (χ0n) is 17.5. The molecule has 0 unspecified atom stereocenters. The summed E-state index contributed by atoms with van der Waals surface area (Å²) in [6, 6.07) is 10.1. The highest BCUT2D eigenvalue weighted by Gasteiger charge is 2.22. The Morgan fingerprint density at radius 2 is 1.74 bits per heavy atom. The minimum atomic E-state index is -0.458. The van der Waals surface area contributed by atoms with Crippen LogP contribution in [0.4, 0.5) is 10.6 Å². The Morgan fingerprint density at radius 1 is 1.06 bits per heavy atom. The largest absolute Gasteiger partial charge is 0.334 e. The van der Waals surface area contributed by atoms with E-state index in [0.717, 1.165) is 11.3 Å². The van der Waals surface area contributed by atoms with Gasteiger partial charge >= 0.3 is 6.03 Å². The van der Waals surface area contributed by atoms with Crippen molar-refractivity contribution in [3.63, 3.8) is 0 Å². The zero-order chi connectivity index (χ0) is 22.4. The molecule has 3 N–H and O–H groups in total. The molecule has 0 atom stereocenters. The third-order valence-electron chi connectivity index (χ3n) is 4.26. The number of hydrogen-bond donors (Lipinski definition) is 3. The summed E-state index contributed by atoms with van der Waals surface area (Å²) in [5.74, 6) is 0.352. The van der Waals surface area contributed by atoms with E-state index in [4.69, 9.17) is 11.6 Å². The number of aromatic nitrogens is 4. The number of carbonyl (C=O) groups is 2. The van der Waals surface area contributed by atoms with Crippen LogP contribution < -0.4 is 16.0 Å². The van der Waals surface area contributed by atoms with Crippen LogP contribution in [-0.2, 0) is 16.8 Å². The molecular weight excluding hydrogens is 418 g/mol. The minimum Gasteiger partial charge on any atom is -0.334 e. The van der Waals surface area contributed by atoms with E-state index in [9.17, 15) is 9.59 Å². The monoisotopic (exact) mass is 441 g/mol. The van der Waals surface area contributed by atoms with Crippen molar-refractivity contribution >= 4 is 29.4 Å². The van der Waals surface area contributed by atoms with Crippen molar-refractivity contribution in [2.45, 2.75) is 32.7 Å². The van der Waals surface area contributed by atoms with Gasteiger partial charge in [-0.1, -0.05) is 44.5 Å². The molecule has 0 aliphatic heterocycles. The van der Waals surface area contributed by atoms with Gasteiger partial charge in [-0.05, 0) is 23.8 Å². The van der Waals surface area contributed by atoms with Crippen molar-refractivity contribution in [2.75, 3.05) is 11.9 Å². The Hall–Kier alpha value is -3.46. The van der Waals surface area contributed by atoms with Crippen LogP contribution in [-0.4, -0.2) is 38.2 Å². The third kappa shape index (κ3) is 6.26. The van der Waals surface area contributed by atoms with Crippen LogP contribution in [0.3, 0.4) is 0 Å². The average Bonchev–Trinajstić information content (AvgIpc) is 3.17. The molecule has 0 saturated heterocycles. The lowest BCUT2D eigenvalue weighted by Crippen LogP contribution is -2.39. The molecule has 3 amide bonds. The van der Waals surface area contributed by atoms with Crippen LogP contribution >= 0.6 is 11.6 Å². The number of rotatable bonds is 6. The van der Waals surface area contributed by atoms with Crippen LogP contribution in [0.15, 0.2) is 48.8 Å².